The van der Waals surface area contributed by atoms with Crippen LogP contribution in [0.4, 0.5) is 0 Å². The first-order valence-corrected chi connectivity index (χ1v) is 8.22. The van der Waals surface area contributed by atoms with Gasteiger partial charge in [-0.25, -0.2) is 0 Å². The van der Waals surface area contributed by atoms with Gasteiger partial charge in [-0.05, 0) is 18.1 Å². The van der Waals surface area contributed by atoms with Gasteiger partial charge in [0.05, 0.1) is 9.95 Å². The molecule has 2 aromatic rings. The van der Waals surface area contributed by atoms with Crippen LogP contribution in [0.5, 0.6) is 0 Å². The van der Waals surface area contributed by atoms with E-state index in [2.05, 4.69) is 10.2 Å². The van der Waals surface area contributed by atoms with Crippen LogP contribution in [0.15, 0.2) is 35.2 Å². The molecule has 6 heteroatoms. The zero-order valence-electron chi connectivity index (χ0n) is 11.4. The van der Waals surface area contributed by atoms with Crippen molar-refractivity contribution in [1.82, 2.24) is 10.2 Å². The maximum absolute atomic E-state index is 12.5. The lowest BCUT2D eigenvalue weighted by atomic mass is 10.1. The molecule has 1 saturated heterocycles. The third kappa shape index (κ3) is 2.82. The van der Waals surface area contributed by atoms with Crippen molar-refractivity contribution in [2.75, 3.05) is 0 Å². The average molecular weight is 315 g/mol. The summed E-state index contributed by atoms with van der Waals surface area (Å²) in [5.74, 6) is -0.615. The van der Waals surface area contributed by atoms with Crippen LogP contribution in [0, 0.1) is 5.41 Å². The highest BCUT2D eigenvalue weighted by Gasteiger charge is 2.39. The third-order valence-corrected chi connectivity index (χ3v) is 5.24. The molecule has 1 aromatic carbocycles. The van der Waals surface area contributed by atoms with Gasteiger partial charge in [0.1, 0.15) is 15.9 Å². The summed E-state index contributed by atoms with van der Waals surface area (Å²) in [6.07, 6.45) is 2.63. The largest absolute Gasteiger partial charge is 0.297 e. The molecule has 0 aliphatic carbocycles. The minimum absolute atomic E-state index is 0.0485. The number of aryl methyl sites for hydroxylation is 1. The molecule has 2 heterocycles. The third-order valence-electron chi connectivity index (χ3n) is 3.12. The molecule has 1 atom stereocenters. The van der Waals surface area contributed by atoms with Crippen molar-refractivity contribution < 1.29 is 4.79 Å². The molecule has 0 saturated carbocycles. The molecule has 1 aliphatic rings. The highest BCUT2D eigenvalue weighted by atomic mass is 32.2. The molecule has 1 fully saturated rings. The summed E-state index contributed by atoms with van der Waals surface area (Å²) in [5, 5.41) is 18.1. The molecule has 1 aliphatic heterocycles. The molecule has 0 radical (unpaired) electrons. The molecule has 1 N–H and O–H groups in total. The fraction of sp³-hybridized carbons (Fsp3) is 0.200. The number of rotatable bonds is 3. The van der Waals surface area contributed by atoms with Crippen LogP contribution in [0.2, 0.25) is 0 Å². The number of hydrogen-bond donors (Lipinski definition) is 1. The van der Waals surface area contributed by atoms with Gasteiger partial charge in [-0.2, -0.15) is 0 Å². The summed E-state index contributed by atoms with van der Waals surface area (Å²) in [7, 11) is 0. The van der Waals surface area contributed by atoms with E-state index in [4.69, 9.17) is 5.41 Å². The number of aromatic nitrogens is 2. The first-order valence-electron chi connectivity index (χ1n) is 6.58. The minimum Gasteiger partial charge on any atom is -0.297 e. The standard InChI is InChI=1S/C15H13N3OS2/c1-2-11-17-18-15(21-11)12-13(19)10(20-14(12)16)8-9-6-4-3-5-7-9/h3-8,12,16H,2H2,1H3. The summed E-state index contributed by atoms with van der Waals surface area (Å²) in [4.78, 5) is 13.1. The van der Waals surface area contributed by atoms with E-state index in [9.17, 15) is 4.79 Å². The van der Waals surface area contributed by atoms with Crippen LogP contribution in [0.1, 0.15) is 28.4 Å². The quantitative estimate of drug-likeness (QED) is 0.880. The highest BCUT2D eigenvalue weighted by molar-refractivity contribution is 8.19. The fourth-order valence-corrected chi connectivity index (χ4v) is 3.99. The zero-order valence-corrected chi connectivity index (χ0v) is 13.0. The topological polar surface area (TPSA) is 66.7 Å². The number of Topliss-reactive ketones (excluding diaryl/α,β-unsaturated/α-hetero) is 1. The summed E-state index contributed by atoms with van der Waals surface area (Å²) >= 11 is 2.64. The molecule has 0 amide bonds. The van der Waals surface area contributed by atoms with Gasteiger partial charge in [-0.1, -0.05) is 49.0 Å². The van der Waals surface area contributed by atoms with E-state index < -0.39 is 5.92 Å². The summed E-state index contributed by atoms with van der Waals surface area (Å²) in [6.45, 7) is 2.00. The predicted octanol–water partition coefficient (Wildman–Crippen LogP) is 3.52. The van der Waals surface area contributed by atoms with E-state index in [-0.39, 0.29) is 5.78 Å². The lowest BCUT2D eigenvalue weighted by Crippen LogP contribution is -2.11. The Bertz CT molecular complexity index is 722. The first-order chi connectivity index (χ1) is 10.2. The SMILES string of the molecule is CCc1nnc(C2C(=N)SC(=Cc3ccccc3)C2=O)s1. The molecule has 106 valence electrons. The Morgan fingerprint density at radius 1 is 1.29 bits per heavy atom. The highest BCUT2D eigenvalue weighted by Crippen LogP contribution is 2.41. The molecular weight excluding hydrogens is 302 g/mol. The molecule has 21 heavy (non-hydrogen) atoms. The predicted molar refractivity (Wildman–Crippen MR) is 86.8 cm³/mol. The second-order valence-electron chi connectivity index (χ2n) is 4.57. The number of benzene rings is 1. The van der Waals surface area contributed by atoms with Crippen LogP contribution in [0.3, 0.4) is 0 Å². The minimum atomic E-state index is -0.567. The van der Waals surface area contributed by atoms with Gasteiger partial charge in [0, 0.05) is 0 Å². The summed E-state index contributed by atoms with van der Waals surface area (Å²) in [6, 6.07) is 9.68. The van der Waals surface area contributed by atoms with Crippen LogP contribution in [-0.2, 0) is 11.2 Å². The Morgan fingerprint density at radius 2 is 2.05 bits per heavy atom. The number of nitrogens with zero attached hydrogens (tertiary/aromatic N) is 2. The molecular formula is C15H13N3OS2. The lowest BCUT2D eigenvalue weighted by Gasteiger charge is -2.00. The monoisotopic (exact) mass is 315 g/mol. The second-order valence-corrected chi connectivity index (χ2v) is 6.75. The van der Waals surface area contributed by atoms with Gasteiger partial charge in [-0.3, -0.25) is 10.2 Å². The Balaban J connectivity index is 1.90. The number of allylic oxidation sites excluding steroid dienone is 1. The van der Waals surface area contributed by atoms with Crippen molar-refractivity contribution in [3.63, 3.8) is 0 Å². The molecule has 1 unspecified atom stereocenters. The number of carbonyl (C=O) groups excluding carboxylic acids is 1. The number of thioether (sulfide) groups is 1. The van der Waals surface area contributed by atoms with E-state index in [1.54, 1.807) is 0 Å². The van der Waals surface area contributed by atoms with Crippen LogP contribution < -0.4 is 0 Å². The van der Waals surface area contributed by atoms with Gasteiger partial charge in [0.2, 0.25) is 0 Å². The normalized spacial score (nSPS) is 20.4. The van der Waals surface area contributed by atoms with Crippen molar-refractivity contribution in [2.45, 2.75) is 19.3 Å². The van der Waals surface area contributed by atoms with Gasteiger partial charge in [0.25, 0.3) is 0 Å². The molecule has 1 aromatic heterocycles. The summed E-state index contributed by atoms with van der Waals surface area (Å²) in [5.41, 5.74) is 0.966. The van der Waals surface area contributed by atoms with E-state index in [0.717, 1.165) is 17.0 Å². The van der Waals surface area contributed by atoms with E-state index >= 15 is 0 Å². The Labute approximate surface area is 130 Å². The Kier molecular flexibility index (Phi) is 3.98. The van der Waals surface area contributed by atoms with Gasteiger partial charge in [-0.15, -0.1) is 21.5 Å². The van der Waals surface area contributed by atoms with Crippen LogP contribution in [0.25, 0.3) is 6.08 Å². The molecule has 0 bridgehead atoms. The van der Waals surface area contributed by atoms with Crippen molar-refractivity contribution in [1.29, 1.82) is 5.41 Å². The number of hydrogen-bond acceptors (Lipinski definition) is 6. The van der Waals surface area contributed by atoms with Crippen LogP contribution in [-0.4, -0.2) is 21.0 Å². The van der Waals surface area contributed by atoms with Gasteiger partial charge in [0.15, 0.2) is 5.78 Å². The maximum atomic E-state index is 12.5. The fourth-order valence-electron chi connectivity index (χ4n) is 2.04. The number of ketones is 1. The van der Waals surface area contributed by atoms with Gasteiger partial charge >= 0.3 is 0 Å². The van der Waals surface area contributed by atoms with Crippen molar-refractivity contribution in [3.05, 3.63) is 50.8 Å². The molecule has 3 rings (SSSR count). The zero-order chi connectivity index (χ0) is 14.8. The van der Waals surface area contributed by atoms with Crippen molar-refractivity contribution >= 4 is 40.0 Å². The molecule has 0 spiro atoms. The number of nitrogens with one attached hydrogen (secondary N) is 1. The van der Waals surface area contributed by atoms with Crippen molar-refractivity contribution in [3.8, 4) is 0 Å². The second kappa shape index (κ2) is 5.91. The maximum Gasteiger partial charge on any atom is 0.186 e. The summed E-state index contributed by atoms with van der Waals surface area (Å²) < 4.78 is 0. The average Bonchev–Trinajstić information content (AvgIpc) is 3.05. The smallest absolute Gasteiger partial charge is 0.186 e. The first kappa shape index (κ1) is 14.2. The Hall–Kier alpha value is -1.79. The Morgan fingerprint density at radius 3 is 2.71 bits per heavy atom. The van der Waals surface area contributed by atoms with E-state index in [0.29, 0.717) is 15.0 Å². The van der Waals surface area contributed by atoms with E-state index in [1.807, 2.05) is 43.3 Å². The van der Waals surface area contributed by atoms with Crippen LogP contribution >= 0.6 is 23.1 Å². The van der Waals surface area contributed by atoms with E-state index in [1.165, 1.54) is 23.1 Å². The van der Waals surface area contributed by atoms with Gasteiger partial charge < -0.3 is 0 Å². The number of carbonyl (C=O) groups is 1. The molecule has 4 nitrogen and oxygen atoms in total. The lowest BCUT2D eigenvalue weighted by molar-refractivity contribution is -0.114. The van der Waals surface area contributed by atoms with Crippen molar-refractivity contribution in [2.24, 2.45) is 0 Å².